The Labute approximate surface area is 175 Å². The van der Waals surface area contributed by atoms with Gasteiger partial charge in [-0.25, -0.2) is 14.8 Å². The highest BCUT2D eigenvalue weighted by atomic mass is 79.9. The molecule has 1 amide bonds. The molecule has 152 valence electrons. The third kappa shape index (κ3) is 4.84. The van der Waals surface area contributed by atoms with Crippen LogP contribution in [0.5, 0.6) is 0 Å². The summed E-state index contributed by atoms with van der Waals surface area (Å²) in [5, 5.41) is 1.39. The lowest BCUT2D eigenvalue weighted by Crippen LogP contribution is -2.56. The Kier molecular flexibility index (Phi) is 6.31. The molecule has 0 atom stereocenters. The van der Waals surface area contributed by atoms with Crippen LogP contribution in [0.3, 0.4) is 0 Å². The number of halogens is 1. The predicted octanol–water partition coefficient (Wildman–Crippen LogP) is 2.91. The Morgan fingerprint density at radius 1 is 1.39 bits per heavy atom. The van der Waals surface area contributed by atoms with E-state index in [1.165, 1.54) is 11.8 Å². The number of nitrogens with zero attached hydrogens (tertiary/aromatic N) is 4. The summed E-state index contributed by atoms with van der Waals surface area (Å²) in [7, 11) is 0. The topological polar surface area (TPSA) is 86.6 Å². The van der Waals surface area contributed by atoms with Crippen molar-refractivity contribution in [2.24, 2.45) is 0 Å². The zero-order valence-corrected chi connectivity index (χ0v) is 18.7. The van der Waals surface area contributed by atoms with E-state index in [-0.39, 0.29) is 17.8 Å². The molecule has 0 N–H and O–H groups in total. The van der Waals surface area contributed by atoms with Crippen LogP contribution in [0.25, 0.3) is 11.0 Å². The lowest BCUT2D eigenvalue weighted by Gasteiger charge is -2.39. The maximum atomic E-state index is 12.5. The van der Waals surface area contributed by atoms with Gasteiger partial charge in [-0.2, -0.15) is 0 Å². The molecule has 1 aliphatic heterocycles. The smallest absolute Gasteiger partial charge is 0.410 e. The highest BCUT2D eigenvalue weighted by molar-refractivity contribution is 9.10. The molecule has 0 aliphatic carbocycles. The molecule has 0 bridgehead atoms. The summed E-state index contributed by atoms with van der Waals surface area (Å²) in [5.74, 6) is 0. The Bertz CT molecular complexity index is 938. The van der Waals surface area contributed by atoms with Gasteiger partial charge in [-0.05, 0) is 49.0 Å². The fraction of sp³-hybridized carbons (Fsp3) is 0.556. The third-order valence-electron chi connectivity index (χ3n) is 4.11. The van der Waals surface area contributed by atoms with Crippen LogP contribution in [-0.4, -0.2) is 63.2 Å². The van der Waals surface area contributed by atoms with Crippen molar-refractivity contribution in [2.45, 2.75) is 44.2 Å². The van der Waals surface area contributed by atoms with Gasteiger partial charge in [0, 0.05) is 11.6 Å². The second kappa shape index (κ2) is 8.38. The monoisotopic (exact) mass is 470 g/mol. The molecule has 1 saturated heterocycles. The fourth-order valence-electron chi connectivity index (χ4n) is 2.74. The van der Waals surface area contributed by atoms with E-state index in [4.69, 9.17) is 9.47 Å². The SMILES string of the molecule is CSc1ncc2cc(Br)c(=O)n(CCOC3CN(C(=O)OC(C)(C)C)C3)c2n1. The Balaban J connectivity index is 1.60. The van der Waals surface area contributed by atoms with Gasteiger partial charge in [0.05, 0.1) is 36.8 Å². The molecule has 28 heavy (non-hydrogen) atoms. The molecular formula is C18H23BrN4O4S. The van der Waals surface area contributed by atoms with Crippen molar-refractivity contribution < 1.29 is 14.3 Å². The number of likely N-dealkylation sites (tertiary alicyclic amines) is 1. The summed E-state index contributed by atoms with van der Waals surface area (Å²) in [6.07, 6.45) is 3.21. The molecule has 2 aromatic heterocycles. The van der Waals surface area contributed by atoms with Crippen LogP contribution in [-0.2, 0) is 16.0 Å². The average molecular weight is 471 g/mol. The lowest BCUT2D eigenvalue weighted by atomic mass is 10.2. The van der Waals surface area contributed by atoms with Crippen molar-refractivity contribution in [3.05, 3.63) is 27.1 Å². The van der Waals surface area contributed by atoms with Gasteiger partial charge in [0.25, 0.3) is 5.56 Å². The average Bonchev–Trinajstić information content (AvgIpc) is 2.57. The summed E-state index contributed by atoms with van der Waals surface area (Å²) < 4.78 is 13.2. The summed E-state index contributed by atoms with van der Waals surface area (Å²) in [6.45, 7) is 7.20. The Hall–Kier alpha value is -1.65. The molecule has 0 radical (unpaired) electrons. The van der Waals surface area contributed by atoms with Crippen LogP contribution in [0, 0.1) is 0 Å². The number of hydrogen-bond donors (Lipinski definition) is 0. The molecule has 0 aromatic carbocycles. The van der Waals surface area contributed by atoms with Gasteiger partial charge >= 0.3 is 6.09 Å². The maximum absolute atomic E-state index is 12.5. The number of carbonyl (C=O) groups is 1. The van der Waals surface area contributed by atoms with E-state index in [9.17, 15) is 9.59 Å². The predicted molar refractivity (Wildman–Crippen MR) is 111 cm³/mol. The zero-order valence-electron chi connectivity index (χ0n) is 16.3. The van der Waals surface area contributed by atoms with E-state index >= 15 is 0 Å². The van der Waals surface area contributed by atoms with Crippen molar-refractivity contribution in [3.63, 3.8) is 0 Å². The van der Waals surface area contributed by atoms with Crippen molar-refractivity contribution in [2.75, 3.05) is 26.0 Å². The van der Waals surface area contributed by atoms with Crippen molar-refractivity contribution in [1.29, 1.82) is 0 Å². The van der Waals surface area contributed by atoms with Crippen LogP contribution in [0.2, 0.25) is 0 Å². The van der Waals surface area contributed by atoms with Crippen LogP contribution in [0.1, 0.15) is 20.8 Å². The number of hydrogen-bond acceptors (Lipinski definition) is 7. The highest BCUT2D eigenvalue weighted by Crippen LogP contribution is 2.19. The van der Waals surface area contributed by atoms with Gasteiger partial charge < -0.3 is 14.4 Å². The van der Waals surface area contributed by atoms with E-state index in [0.29, 0.717) is 41.5 Å². The first-order chi connectivity index (χ1) is 13.2. The number of ether oxygens (including phenoxy) is 2. The van der Waals surface area contributed by atoms with E-state index in [1.54, 1.807) is 21.7 Å². The number of rotatable bonds is 5. The summed E-state index contributed by atoms with van der Waals surface area (Å²) in [4.78, 5) is 34.8. The second-order valence-corrected chi connectivity index (χ2v) is 9.09. The number of pyridine rings is 1. The van der Waals surface area contributed by atoms with Crippen LogP contribution in [0.15, 0.2) is 26.7 Å². The minimum absolute atomic E-state index is 0.0574. The maximum Gasteiger partial charge on any atom is 0.410 e. The first-order valence-electron chi connectivity index (χ1n) is 8.87. The number of thioether (sulfide) groups is 1. The number of aromatic nitrogens is 3. The number of amides is 1. The first-order valence-corrected chi connectivity index (χ1v) is 10.9. The standard InChI is InChI=1S/C18H23BrN4O4S/c1-18(2,3)27-17(25)22-9-12(10-22)26-6-5-23-14-11(7-13(19)15(23)24)8-20-16(21-14)28-4/h7-8,12H,5-6,9-10H2,1-4H3. The normalized spacial score (nSPS) is 15.0. The van der Waals surface area contributed by atoms with Crippen molar-refractivity contribution in [1.82, 2.24) is 19.4 Å². The molecule has 3 rings (SSSR count). The molecule has 3 heterocycles. The molecule has 2 aromatic rings. The van der Waals surface area contributed by atoms with Gasteiger partial charge in [0.1, 0.15) is 11.2 Å². The lowest BCUT2D eigenvalue weighted by molar-refractivity contribution is -0.0645. The molecule has 8 nitrogen and oxygen atoms in total. The molecule has 0 saturated carbocycles. The van der Waals surface area contributed by atoms with Crippen LogP contribution >= 0.6 is 27.7 Å². The van der Waals surface area contributed by atoms with Gasteiger partial charge in [0.15, 0.2) is 5.16 Å². The van der Waals surface area contributed by atoms with E-state index in [1.807, 2.05) is 27.0 Å². The van der Waals surface area contributed by atoms with Gasteiger partial charge in [-0.3, -0.25) is 9.36 Å². The van der Waals surface area contributed by atoms with Gasteiger partial charge in [-0.15, -0.1) is 0 Å². The molecule has 0 spiro atoms. The Morgan fingerprint density at radius 2 is 2.11 bits per heavy atom. The molecule has 1 fully saturated rings. The first kappa shape index (κ1) is 21.1. The third-order valence-corrected chi connectivity index (χ3v) is 5.24. The van der Waals surface area contributed by atoms with E-state index in [2.05, 4.69) is 25.9 Å². The van der Waals surface area contributed by atoms with Crippen molar-refractivity contribution in [3.8, 4) is 0 Å². The largest absolute Gasteiger partial charge is 0.444 e. The van der Waals surface area contributed by atoms with Crippen LogP contribution in [0.4, 0.5) is 4.79 Å². The molecule has 10 heteroatoms. The van der Waals surface area contributed by atoms with Crippen LogP contribution < -0.4 is 5.56 Å². The molecule has 1 aliphatic rings. The number of fused-ring (bicyclic) bond motifs is 1. The van der Waals surface area contributed by atoms with E-state index < -0.39 is 5.60 Å². The zero-order chi connectivity index (χ0) is 20.5. The highest BCUT2D eigenvalue weighted by Gasteiger charge is 2.34. The fourth-order valence-corrected chi connectivity index (χ4v) is 3.54. The summed E-state index contributed by atoms with van der Waals surface area (Å²) >= 11 is 4.72. The Morgan fingerprint density at radius 3 is 2.75 bits per heavy atom. The van der Waals surface area contributed by atoms with Gasteiger partial charge in [-0.1, -0.05) is 11.8 Å². The van der Waals surface area contributed by atoms with Gasteiger partial charge in [0.2, 0.25) is 0 Å². The van der Waals surface area contributed by atoms with Crippen molar-refractivity contribution >= 4 is 44.8 Å². The van der Waals surface area contributed by atoms with E-state index in [0.717, 1.165) is 5.39 Å². The summed E-state index contributed by atoms with van der Waals surface area (Å²) in [5.41, 5.74) is -0.0883. The molecule has 0 unspecified atom stereocenters. The molecular weight excluding hydrogens is 448 g/mol. The minimum atomic E-state index is -0.510. The number of carbonyl (C=O) groups excluding carboxylic acids is 1. The summed E-state index contributed by atoms with van der Waals surface area (Å²) in [6, 6.07) is 1.73. The minimum Gasteiger partial charge on any atom is -0.444 e. The second-order valence-electron chi connectivity index (χ2n) is 7.46. The quantitative estimate of drug-likeness (QED) is 0.490.